The lowest BCUT2D eigenvalue weighted by Gasteiger charge is -2.29. The number of thiocarbonyl (C=S) groups is 1. The van der Waals surface area contributed by atoms with Crippen LogP contribution in [-0.2, 0) is 17.8 Å². The van der Waals surface area contributed by atoms with Crippen molar-refractivity contribution in [2.24, 2.45) is 0 Å². The minimum absolute atomic E-state index is 0.000517. The second-order valence-electron chi connectivity index (χ2n) is 7.96. The van der Waals surface area contributed by atoms with Crippen LogP contribution >= 0.6 is 12.2 Å². The Labute approximate surface area is 182 Å². The lowest BCUT2D eigenvalue weighted by molar-refractivity contribution is 0.0953. The number of hydrogen-bond donors (Lipinski definition) is 1. The van der Waals surface area contributed by atoms with E-state index in [0.29, 0.717) is 0 Å². The molecule has 0 bridgehead atoms. The van der Waals surface area contributed by atoms with Crippen LogP contribution in [0.5, 0.6) is 0 Å². The lowest BCUT2D eigenvalue weighted by Crippen LogP contribution is -2.30. The average Bonchev–Trinajstić information content (AvgIpc) is 3.52. The fourth-order valence-corrected chi connectivity index (χ4v) is 4.85. The van der Waals surface area contributed by atoms with Gasteiger partial charge in [0.15, 0.2) is 5.11 Å². The molecule has 0 spiro atoms. The summed E-state index contributed by atoms with van der Waals surface area (Å²) < 4.78 is 8.25. The van der Waals surface area contributed by atoms with Crippen molar-refractivity contribution in [3.63, 3.8) is 0 Å². The molecule has 154 valence electrons. The third-order valence-corrected chi connectivity index (χ3v) is 6.34. The van der Waals surface area contributed by atoms with Crippen molar-refractivity contribution in [2.75, 3.05) is 6.61 Å². The molecule has 0 unspecified atom stereocenters. The predicted octanol–water partition coefficient (Wildman–Crippen LogP) is 4.23. The number of nitrogens with zero attached hydrogens (tertiary/aromatic N) is 3. The molecule has 1 N–H and O–H groups in total. The predicted molar refractivity (Wildman–Crippen MR) is 121 cm³/mol. The van der Waals surface area contributed by atoms with E-state index in [-0.39, 0.29) is 18.2 Å². The van der Waals surface area contributed by atoms with Gasteiger partial charge in [-0.15, -0.1) is 0 Å². The van der Waals surface area contributed by atoms with Gasteiger partial charge in [-0.1, -0.05) is 36.4 Å². The molecular formula is C24H26N4OS. The summed E-state index contributed by atoms with van der Waals surface area (Å²) in [6, 6.07) is 21.0. The zero-order valence-electron chi connectivity index (χ0n) is 16.9. The molecule has 2 aliphatic rings. The average molecular weight is 419 g/mol. The molecule has 2 fully saturated rings. The van der Waals surface area contributed by atoms with Gasteiger partial charge in [0.25, 0.3) is 0 Å². The van der Waals surface area contributed by atoms with Gasteiger partial charge in [0, 0.05) is 37.8 Å². The number of nitrogens with one attached hydrogen (secondary N) is 1. The molecule has 1 aromatic carbocycles. The Bertz CT molecular complexity index is 985. The zero-order valence-corrected chi connectivity index (χ0v) is 17.7. The van der Waals surface area contributed by atoms with E-state index in [9.17, 15) is 0 Å². The van der Waals surface area contributed by atoms with Gasteiger partial charge in [0.2, 0.25) is 0 Å². The van der Waals surface area contributed by atoms with E-state index in [1.54, 1.807) is 0 Å². The normalized spacial score (nSPS) is 23.7. The molecule has 2 aliphatic heterocycles. The Balaban J connectivity index is 1.51. The maximum atomic E-state index is 5.91. The van der Waals surface area contributed by atoms with Crippen LogP contribution in [0.2, 0.25) is 0 Å². The molecule has 6 heteroatoms. The largest absolute Gasteiger partial charge is 0.376 e. The van der Waals surface area contributed by atoms with Crippen molar-refractivity contribution in [1.82, 2.24) is 19.8 Å². The van der Waals surface area contributed by atoms with Crippen LogP contribution in [0.4, 0.5) is 0 Å². The molecule has 4 heterocycles. The molecule has 5 rings (SSSR count). The Morgan fingerprint density at radius 1 is 1.07 bits per heavy atom. The number of ether oxygens (including phenoxy) is 1. The molecule has 3 atom stereocenters. The summed E-state index contributed by atoms with van der Waals surface area (Å²) in [5.41, 5.74) is 3.49. The van der Waals surface area contributed by atoms with Gasteiger partial charge in [-0.2, -0.15) is 0 Å². The van der Waals surface area contributed by atoms with Gasteiger partial charge >= 0.3 is 0 Å². The highest BCUT2D eigenvalue weighted by molar-refractivity contribution is 7.80. The number of rotatable bonds is 6. The molecule has 2 aromatic heterocycles. The maximum absolute atomic E-state index is 5.91. The Hall–Kier alpha value is -2.70. The highest BCUT2D eigenvalue weighted by Crippen LogP contribution is 2.39. The SMILES string of the molecule is S=C1N[C@H](c2ccccn2)[C@@H](c2cccn2C[C@H]2CCCO2)N1Cc1ccccc1. The quantitative estimate of drug-likeness (QED) is 0.607. The maximum Gasteiger partial charge on any atom is 0.170 e. The summed E-state index contributed by atoms with van der Waals surface area (Å²) >= 11 is 5.81. The first-order valence-corrected chi connectivity index (χ1v) is 11.0. The number of benzene rings is 1. The standard InChI is InChI=1S/C24H26N4OS/c30-24-26-22(20-11-4-5-13-25-20)23(28(24)16-18-8-2-1-3-9-18)21-12-6-14-27(21)17-19-10-7-15-29-19/h1-6,8-9,11-14,19,22-23H,7,10,15-17H2,(H,26,30)/t19-,22-,23-/m1/s1. The van der Waals surface area contributed by atoms with Gasteiger partial charge in [-0.05, 0) is 54.9 Å². The topological polar surface area (TPSA) is 42.3 Å². The van der Waals surface area contributed by atoms with Crippen LogP contribution in [0.1, 0.15) is 41.9 Å². The number of pyridine rings is 1. The van der Waals surface area contributed by atoms with Crippen LogP contribution in [0.3, 0.4) is 0 Å². The minimum Gasteiger partial charge on any atom is -0.376 e. The summed E-state index contributed by atoms with van der Waals surface area (Å²) in [5.74, 6) is 0. The summed E-state index contributed by atoms with van der Waals surface area (Å²) in [7, 11) is 0. The third kappa shape index (κ3) is 3.85. The molecule has 0 amide bonds. The van der Waals surface area contributed by atoms with E-state index in [2.05, 4.69) is 68.4 Å². The van der Waals surface area contributed by atoms with Crippen molar-refractivity contribution < 1.29 is 4.74 Å². The third-order valence-electron chi connectivity index (χ3n) is 5.99. The van der Waals surface area contributed by atoms with E-state index in [0.717, 1.165) is 43.3 Å². The fraction of sp³-hybridized carbons (Fsp3) is 0.333. The molecule has 30 heavy (non-hydrogen) atoms. The first kappa shape index (κ1) is 19.3. The Kier molecular flexibility index (Phi) is 5.51. The first-order valence-electron chi connectivity index (χ1n) is 10.6. The fourth-order valence-electron chi connectivity index (χ4n) is 4.55. The molecule has 0 saturated carbocycles. The van der Waals surface area contributed by atoms with Crippen LogP contribution < -0.4 is 5.32 Å². The van der Waals surface area contributed by atoms with E-state index in [4.69, 9.17) is 17.0 Å². The molecular weight excluding hydrogens is 392 g/mol. The van der Waals surface area contributed by atoms with E-state index < -0.39 is 0 Å². The van der Waals surface area contributed by atoms with Crippen molar-refractivity contribution in [3.05, 3.63) is 90.0 Å². The van der Waals surface area contributed by atoms with Crippen molar-refractivity contribution in [3.8, 4) is 0 Å². The Morgan fingerprint density at radius 3 is 2.70 bits per heavy atom. The van der Waals surface area contributed by atoms with Crippen LogP contribution in [0.15, 0.2) is 73.1 Å². The summed E-state index contributed by atoms with van der Waals surface area (Å²) in [6.07, 6.45) is 6.56. The molecule has 5 nitrogen and oxygen atoms in total. The van der Waals surface area contributed by atoms with Crippen LogP contribution in [0, 0.1) is 0 Å². The molecule has 2 saturated heterocycles. The second-order valence-corrected chi connectivity index (χ2v) is 8.35. The van der Waals surface area contributed by atoms with Gasteiger partial charge in [-0.3, -0.25) is 4.98 Å². The van der Waals surface area contributed by atoms with Crippen LogP contribution in [0.25, 0.3) is 0 Å². The molecule has 3 aromatic rings. The zero-order chi connectivity index (χ0) is 20.3. The second kappa shape index (κ2) is 8.58. The van der Waals surface area contributed by atoms with E-state index >= 15 is 0 Å². The van der Waals surface area contributed by atoms with Crippen molar-refractivity contribution in [1.29, 1.82) is 0 Å². The lowest BCUT2D eigenvalue weighted by atomic mass is 10.0. The van der Waals surface area contributed by atoms with Crippen LogP contribution in [-0.4, -0.2) is 32.3 Å². The molecule has 0 radical (unpaired) electrons. The van der Waals surface area contributed by atoms with Gasteiger partial charge in [0.05, 0.1) is 23.9 Å². The summed E-state index contributed by atoms with van der Waals surface area (Å²) in [6.45, 7) is 2.50. The highest BCUT2D eigenvalue weighted by Gasteiger charge is 2.41. The monoisotopic (exact) mass is 418 g/mol. The smallest absolute Gasteiger partial charge is 0.170 e. The van der Waals surface area contributed by atoms with E-state index in [1.165, 1.54) is 11.3 Å². The first-order chi connectivity index (χ1) is 14.8. The highest BCUT2D eigenvalue weighted by atomic mass is 32.1. The van der Waals surface area contributed by atoms with Crippen molar-refractivity contribution in [2.45, 2.75) is 44.1 Å². The Morgan fingerprint density at radius 2 is 1.93 bits per heavy atom. The minimum atomic E-state index is 0.000517. The number of aromatic nitrogens is 2. The van der Waals surface area contributed by atoms with E-state index in [1.807, 2.05) is 24.4 Å². The van der Waals surface area contributed by atoms with Gasteiger partial charge in [0.1, 0.15) is 0 Å². The van der Waals surface area contributed by atoms with Gasteiger partial charge < -0.3 is 19.5 Å². The molecule has 0 aliphatic carbocycles. The summed E-state index contributed by atoms with van der Waals surface area (Å²) in [4.78, 5) is 6.94. The summed E-state index contributed by atoms with van der Waals surface area (Å²) in [5, 5.41) is 4.32. The van der Waals surface area contributed by atoms with Gasteiger partial charge in [-0.25, -0.2) is 0 Å². The van der Waals surface area contributed by atoms with Crippen molar-refractivity contribution >= 4 is 17.3 Å². The number of hydrogen-bond acceptors (Lipinski definition) is 3.